The minimum Gasteiger partial charge on any atom is -0.508 e. The summed E-state index contributed by atoms with van der Waals surface area (Å²) in [5.41, 5.74) is 8.32. The van der Waals surface area contributed by atoms with Crippen LogP contribution in [0.5, 0.6) is 11.5 Å². The van der Waals surface area contributed by atoms with Crippen LogP contribution in [0.2, 0.25) is 0 Å². The molecule has 0 fully saturated rings. The molecule has 0 radical (unpaired) electrons. The van der Waals surface area contributed by atoms with Crippen LogP contribution < -0.4 is 0 Å². The van der Waals surface area contributed by atoms with Crippen LogP contribution in [-0.4, -0.2) is 10.2 Å². The molecule has 2 aromatic carbocycles. The summed E-state index contributed by atoms with van der Waals surface area (Å²) in [5, 5.41) is 20.0. The van der Waals surface area contributed by atoms with E-state index in [2.05, 4.69) is 0 Å². The van der Waals surface area contributed by atoms with Crippen LogP contribution in [0.15, 0.2) is 12.1 Å². The fourth-order valence-corrected chi connectivity index (χ4v) is 2.77. The number of hydrogen-bond donors (Lipinski definition) is 2. The van der Waals surface area contributed by atoms with Gasteiger partial charge in [-0.3, -0.25) is 0 Å². The average Bonchev–Trinajstić information content (AvgIpc) is 2.43. The normalized spacial score (nSPS) is 10.9. The molecule has 2 heteroatoms. The van der Waals surface area contributed by atoms with Crippen molar-refractivity contribution in [3.05, 3.63) is 45.5 Å². The zero-order valence-corrected chi connectivity index (χ0v) is 13.0. The Balaban J connectivity index is 2.87. The number of aromatic hydroxyl groups is 2. The van der Waals surface area contributed by atoms with Gasteiger partial charge in [-0.15, -0.1) is 0 Å². The van der Waals surface area contributed by atoms with Gasteiger partial charge in [0.15, 0.2) is 0 Å². The van der Waals surface area contributed by atoms with Gasteiger partial charge in [0, 0.05) is 0 Å². The van der Waals surface area contributed by atoms with E-state index in [-0.39, 0.29) is 0 Å². The standard InChI is InChI=1S/C18H22O2/c1-9-10(2)16(19)8-7-15(9)17-11(3)13(5)18(20)14(6)12(17)4/h7-8,19-20H,1-6H3. The fraction of sp³-hybridized carbons (Fsp3) is 0.333. The lowest BCUT2D eigenvalue weighted by molar-refractivity contribution is 0.465. The number of phenols is 2. The Kier molecular flexibility index (Phi) is 3.51. The second kappa shape index (κ2) is 4.86. The van der Waals surface area contributed by atoms with E-state index in [1.165, 1.54) is 5.56 Å². The van der Waals surface area contributed by atoms with Gasteiger partial charge in [-0.2, -0.15) is 0 Å². The number of phenolic OH excluding ortho intramolecular Hbond substituents is 2. The molecule has 0 heterocycles. The molecule has 2 nitrogen and oxygen atoms in total. The second-order valence-corrected chi connectivity index (χ2v) is 5.61. The maximum absolute atomic E-state index is 10.2. The maximum atomic E-state index is 10.2. The van der Waals surface area contributed by atoms with Crippen molar-refractivity contribution in [2.24, 2.45) is 0 Å². The third-order valence-corrected chi connectivity index (χ3v) is 4.61. The van der Waals surface area contributed by atoms with Gasteiger partial charge in [-0.25, -0.2) is 0 Å². The lowest BCUT2D eigenvalue weighted by atomic mass is 9.86. The maximum Gasteiger partial charge on any atom is 0.121 e. The molecular weight excluding hydrogens is 248 g/mol. The minimum atomic E-state index is 0.328. The molecule has 0 aliphatic rings. The predicted molar refractivity (Wildman–Crippen MR) is 83.6 cm³/mol. The van der Waals surface area contributed by atoms with Crippen molar-refractivity contribution < 1.29 is 10.2 Å². The highest BCUT2D eigenvalue weighted by atomic mass is 16.3. The first-order valence-electron chi connectivity index (χ1n) is 6.86. The summed E-state index contributed by atoms with van der Waals surface area (Å²) < 4.78 is 0. The van der Waals surface area contributed by atoms with Crippen molar-refractivity contribution in [2.75, 3.05) is 0 Å². The van der Waals surface area contributed by atoms with Gasteiger partial charge in [0.25, 0.3) is 0 Å². The van der Waals surface area contributed by atoms with E-state index in [1.54, 1.807) is 6.07 Å². The van der Waals surface area contributed by atoms with Crippen LogP contribution in [0, 0.1) is 41.5 Å². The number of rotatable bonds is 1. The molecule has 2 N–H and O–H groups in total. The first-order valence-corrected chi connectivity index (χ1v) is 6.86. The summed E-state index contributed by atoms with van der Waals surface area (Å²) in [5.74, 6) is 0.714. The zero-order valence-electron chi connectivity index (χ0n) is 13.0. The molecule has 106 valence electrons. The molecular formula is C18H22O2. The Morgan fingerprint density at radius 3 is 1.60 bits per heavy atom. The molecule has 0 saturated heterocycles. The van der Waals surface area contributed by atoms with Crippen LogP contribution in [0.4, 0.5) is 0 Å². The van der Waals surface area contributed by atoms with Gasteiger partial charge < -0.3 is 10.2 Å². The topological polar surface area (TPSA) is 40.5 Å². The SMILES string of the molecule is Cc1c(O)ccc(-c2c(C)c(C)c(O)c(C)c2C)c1C. The molecule has 0 aliphatic heterocycles. The summed E-state index contributed by atoms with van der Waals surface area (Å²) in [4.78, 5) is 0. The van der Waals surface area contributed by atoms with E-state index in [9.17, 15) is 10.2 Å². The quantitative estimate of drug-likeness (QED) is 0.794. The fourth-order valence-electron chi connectivity index (χ4n) is 2.77. The molecule has 0 atom stereocenters. The van der Waals surface area contributed by atoms with Crippen LogP contribution in [0.25, 0.3) is 11.1 Å². The molecule has 0 aromatic heterocycles. The molecule has 0 unspecified atom stereocenters. The molecule has 0 amide bonds. The van der Waals surface area contributed by atoms with Crippen molar-refractivity contribution in [1.29, 1.82) is 0 Å². The van der Waals surface area contributed by atoms with E-state index in [4.69, 9.17) is 0 Å². The van der Waals surface area contributed by atoms with E-state index in [0.717, 1.165) is 38.9 Å². The van der Waals surface area contributed by atoms with Gasteiger partial charge in [0.1, 0.15) is 11.5 Å². The Morgan fingerprint density at radius 1 is 0.600 bits per heavy atom. The largest absolute Gasteiger partial charge is 0.508 e. The first-order chi connectivity index (χ1) is 9.27. The highest BCUT2D eigenvalue weighted by Crippen LogP contribution is 2.40. The van der Waals surface area contributed by atoms with Gasteiger partial charge in [-0.1, -0.05) is 6.07 Å². The lowest BCUT2D eigenvalue weighted by Gasteiger charge is -2.20. The van der Waals surface area contributed by atoms with Crippen LogP contribution in [0.3, 0.4) is 0 Å². The van der Waals surface area contributed by atoms with Crippen LogP contribution >= 0.6 is 0 Å². The van der Waals surface area contributed by atoms with Gasteiger partial charge in [0.2, 0.25) is 0 Å². The highest BCUT2D eigenvalue weighted by Gasteiger charge is 2.17. The van der Waals surface area contributed by atoms with Gasteiger partial charge >= 0.3 is 0 Å². The molecule has 20 heavy (non-hydrogen) atoms. The van der Waals surface area contributed by atoms with E-state index in [0.29, 0.717) is 11.5 Å². The highest BCUT2D eigenvalue weighted by molar-refractivity contribution is 5.79. The zero-order chi connectivity index (χ0) is 15.2. The predicted octanol–water partition coefficient (Wildman–Crippen LogP) is 4.62. The minimum absolute atomic E-state index is 0.328. The Labute approximate surface area is 120 Å². The Hall–Kier alpha value is -1.96. The molecule has 2 aromatic rings. The Bertz CT molecular complexity index is 668. The lowest BCUT2D eigenvalue weighted by Crippen LogP contribution is -1.98. The monoisotopic (exact) mass is 270 g/mol. The van der Waals surface area contributed by atoms with Crippen molar-refractivity contribution in [3.63, 3.8) is 0 Å². The molecule has 0 bridgehead atoms. The number of hydrogen-bond acceptors (Lipinski definition) is 2. The Morgan fingerprint density at radius 2 is 1.10 bits per heavy atom. The van der Waals surface area contributed by atoms with Crippen molar-refractivity contribution >= 4 is 0 Å². The summed E-state index contributed by atoms with van der Waals surface area (Å²) in [6, 6.07) is 3.71. The third kappa shape index (κ3) is 1.96. The van der Waals surface area contributed by atoms with Crippen molar-refractivity contribution in [2.45, 2.75) is 41.5 Å². The number of benzene rings is 2. The molecule has 0 aliphatic carbocycles. The van der Waals surface area contributed by atoms with E-state index >= 15 is 0 Å². The average molecular weight is 270 g/mol. The summed E-state index contributed by atoms with van der Waals surface area (Å²) in [6.45, 7) is 11.9. The van der Waals surface area contributed by atoms with E-state index < -0.39 is 0 Å². The van der Waals surface area contributed by atoms with Crippen molar-refractivity contribution in [3.8, 4) is 22.6 Å². The second-order valence-electron chi connectivity index (χ2n) is 5.61. The van der Waals surface area contributed by atoms with Gasteiger partial charge in [0.05, 0.1) is 0 Å². The van der Waals surface area contributed by atoms with Crippen molar-refractivity contribution in [1.82, 2.24) is 0 Å². The molecule has 0 saturated carbocycles. The van der Waals surface area contributed by atoms with Crippen LogP contribution in [0.1, 0.15) is 33.4 Å². The first kappa shape index (κ1) is 14.4. The third-order valence-electron chi connectivity index (χ3n) is 4.61. The summed E-state index contributed by atoms with van der Waals surface area (Å²) in [7, 11) is 0. The van der Waals surface area contributed by atoms with E-state index in [1.807, 2.05) is 47.6 Å². The van der Waals surface area contributed by atoms with Gasteiger partial charge in [-0.05, 0) is 92.1 Å². The smallest absolute Gasteiger partial charge is 0.121 e. The summed E-state index contributed by atoms with van der Waals surface area (Å²) >= 11 is 0. The molecule has 0 spiro atoms. The van der Waals surface area contributed by atoms with Crippen LogP contribution in [-0.2, 0) is 0 Å². The summed E-state index contributed by atoms with van der Waals surface area (Å²) in [6.07, 6.45) is 0. The molecule has 2 rings (SSSR count).